The highest BCUT2D eigenvalue weighted by Gasteiger charge is 2.47. The number of carbonyl (C=O) groups is 2. The van der Waals surface area contributed by atoms with E-state index in [0.29, 0.717) is 5.92 Å². The van der Waals surface area contributed by atoms with Gasteiger partial charge in [0.2, 0.25) is 5.91 Å². The molecular formula is C15H18N2O3. The SMILES string of the molecule is NC(=O)O[C@H]1[C@H](CC2CC2)C(=O)N[C@@H]1c1ccccc1. The first kappa shape index (κ1) is 13.0. The molecule has 0 radical (unpaired) electrons. The van der Waals surface area contributed by atoms with Crippen molar-refractivity contribution in [3.05, 3.63) is 35.9 Å². The number of hydrogen-bond donors (Lipinski definition) is 2. The maximum absolute atomic E-state index is 12.2. The van der Waals surface area contributed by atoms with Crippen LogP contribution in [0, 0.1) is 11.8 Å². The lowest BCUT2D eigenvalue weighted by molar-refractivity contribution is -0.124. The van der Waals surface area contributed by atoms with Crippen LogP contribution >= 0.6 is 0 Å². The quantitative estimate of drug-likeness (QED) is 0.877. The number of ether oxygens (including phenoxy) is 1. The fourth-order valence-electron chi connectivity index (χ4n) is 2.90. The summed E-state index contributed by atoms with van der Waals surface area (Å²) >= 11 is 0. The summed E-state index contributed by atoms with van der Waals surface area (Å²) in [4.78, 5) is 23.3. The van der Waals surface area contributed by atoms with E-state index in [1.807, 2.05) is 30.3 Å². The Balaban J connectivity index is 1.84. The third-order valence-electron chi connectivity index (χ3n) is 4.05. The van der Waals surface area contributed by atoms with Gasteiger partial charge in [-0.05, 0) is 17.9 Å². The zero-order chi connectivity index (χ0) is 14.1. The Labute approximate surface area is 117 Å². The van der Waals surface area contributed by atoms with E-state index in [4.69, 9.17) is 10.5 Å². The van der Waals surface area contributed by atoms with Crippen molar-refractivity contribution in [1.82, 2.24) is 5.32 Å². The molecular weight excluding hydrogens is 256 g/mol. The first-order chi connectivity index (χ1) is 9.65. The molecule has 5 nitrogen and oxygen atoms in total. The number of amides is 2. The molecule has 106 valence electrons. The number of hydrogen-bond acceptors (Lipinski definition) is 3. The first-order valence-corrected chi connectivity index (χ1v) is 6.96. The molecule has 0 unspecified atom stereocenters. The van der Waals surface area contributed by atoms with Crippen LogP contribution in [0.1, 0.15) is 30.9 Å². The predicted molar refractivity (Wildman–Crippen MR) is 72.6 cm³/mol. The summed E-state index contributed by atoms with van der Waals surface area (Å²) in [6, 6.07) is 9.24. The lowest BCUT2D eigenvalue weighted by atomic mass is 9.92. The summed E-state index contributed by atoms with van der Waals surface area (Å²) in [6.07, 6.45) is 1.75. The standard InChI is InChI=1S/C15H18N2O3/c16-15(19)20-13-11(8-9-6-7-9)14(18)17-12(13)10-4-2-1-3-5-10/h1-5,9,11-13H,6-8H2,(H2,16,19)(H,17,18)/t11-,12+,13-/m0/s1. The van der Waals surface area contributed by atoms with Gasteiger partial charge in [-0.1, -0.05) is 43.2 Å². The fourth-order valence-corrected chi connectivity index (χ4v) is 2.90. The Morgan fingerprint density at radius 3 is 2.60 bits per heavy atom. The van der Waals surface area contributed by atoms with Crippen LogP contribution in [0.25, 0.3) is 0 Å². The molecule has 1 aliphatic heterocycles. The van der Waals surface area contributed by atoms with Gasteiger partial charge in [-0.3, -0.25) is 4.79 Å². The van der Waals surface area contributed by atoms with E-state index < -0.39 is 12.2 Å². The molecule has 1 heterocycles. The van der Waals surface area contributed by atoms with E-state index in [-0.39, 0.29) is 17.9 Å². The molecule has 1 aromatic rings. The van der Waals surface area contributed by atoms with E-state index in [0.717, 1.165) is 24.8 Å². The van der Waals surface area contributed by atoms with Gasteiger partial charge in [0.15, 0.2) is 0 Å². The second kappa shape index (κ2) is 5.15. The van der Waals surface area contributed by atoms with Gasteiger partial charge in [0.1, 0.15) is 6.10 Å². The summed E-state index contributed by atoms with van der Waals surface area (Å²) in [5.41, 5.74) is 6.10. The van der Waals surface area contributed by atoms with Crippen molar-refractivity contribution in [2.45, 2.75) is 31.4 Å². The Hall–Kier alpha value is -2.04. The van der Waals surface area contributed by atoms with E-state index in [9.17, 15) is 9.59 Å². The maximum atomic E-state index is 12.2. The van der Waals surface area contributed by atoms with E-state index >= 15 is 0 Å². The van der Waals surface area contributed by atoms with Crippen LogP contribution in [0.3, 0.4) is 0 Å². The van der Waals surface area contributed by atoms with E-state index in [1.165, 1.54) is 0 Å². The molecule has 1 aromatic carbocycles. The monoisotopic (exact) mass is 274 g/mol. The van der Waals surface area contributed by atoms with Gasteiger partial charge in [0.05, 0.1) is 12.0 Å². The van der Waals surface area contributed by atoms with Crippen molar-refractivity contribution >= 4 is 12.0 Å². The van der Waals surface area contributed by atoms with Crippen LogP contribution < -0.4 is 11.1 Å². The van der Waals surface area contributed by atoms with E-state index in [2.05, 4.69) is 5.32 Å². The average Bonchev–Trinajstić information content (AvgIpc) is 3.19. The van der Waals surface area contributed by atoms with Crippen molar-refractivity contribution in [2.75, 3.05) is 0 Å². The van der Waals surface area contributed by atoms with Crippen LogP contribution in [0.5, 0.6) is 0 Å². The lowest BCUT2D eigenvalue weighted by Crippen LogP contribution is -2.32. The maximum Gasteiger partial charge on any atom is 0.404 e. The molecule has 20 heavy (non-hydrogen) atoms. The van der Waals surface area contributed by atoms with Gasteiger partial charge < -0.3 is 15.8 Å². The topological polar surface area (TPSA) is 81.4 Å². The molecule has 1 saturated carbocycles. The summed E-state index contributed by atoms with van der Waals surface area (Å²) in [6.45, 7) is 0. The van der Waals surface area contributed by atoms with Gasteiger partial charge >= 0.3 is 6.09 Å². The smallest absolute Gasteiger partial charge is 0.404 e. The summed E-state index contributed by atoms with van der Waals surface area (Å²) < 4.78 is 5.25. The molecule has 3 N–H and O–H groups in total. The zero-order valence-electron chi connectivity index (χ0n) is 11.1. The summed E-state index contributed by atoms with van der Waals surface area (Å²) in [5, 5.41) is 2.94. The van der Waals surface area contributed by atoms with Crippen LogP contribution in [-0.2, 0) is 9.53 Å². The van der Waals surface area contributed by atoms with Gasteiger partial charge in [-0.2, -0.15) is 0 Å². The van der Waals surface area contributed by atoms with Crippen molar-refractivity contribution < 1.29 is 14.3 Å². The molecule has 3 rings (SSSR count). The van der Waals surface area contributed by atoms with E-state index in [1.54, 1.807) is 0 Å². The molecule has 3 atom stereocenters. The largest absolute Gasteiger partial charge is 0.443 e. The van der Waals surface area contributed by atoms with Crippen molar-refractivity contribution in [3.63, 3.8) is 0 Å². The minimum absolute atomic E-state index is 0.0444. The number of nitrogens with two attached hydrogens (primary N) is 1. The van der Waals surface area contributed by atoms with Gasteiger partial charge in [-0.25, -0.2) is 4.79 Å². The summed E-state index contributed by atoms with van der Waals surface area (Å²) in [5.74, 6) is 0.247. The molecule has 1 saturated heterocycles. The first-order valence-electron chi connectivity index (χ1n) is 6.96. The minimum atomic E-state index is -0.826. The average molecular weight is 274 g/mol. The van der Waals surface area contributed by atoms with Crippen molar-refractivity contribution in [1.29, 1.82) is 0 Å². The highest BCUT2D eigenvalue weighted by atomic mass is 16.6. The number of benzene rings is 1. The Kier molecular flexibility index (Phi) is 3.34. The number of rotatable bonds is 4. The number of nitrogens with one attached hydrogen (secondary N) is 1. The Bertz CT molecular complexity index is 513. The molecule has 5 heteroatoms. The van der Waals surface area contributed by atoms with Crippen LogP contribution in [0.15, 0.2) is 30.3 Å². The number of primary amides is 1. The molecule has 0 bridgehead atoms. The third-order valence-corrected chi connectivity index (χ3v) is 4.05. The van der Waals surface area contributed by atoms with Crippen LogP contribution in [0.2, 0.25) is 0 Å². The molecule has 0 spiro atoms. The molecule has 0 aromatic heterocycles. The predicted octanol–water partition coefficient (Wildman–Crippen LogP) is 1.74. The summed E-state index contributed by atoms with van der Waals surface area (Å²) in [7, 11) is 0. The van der Waals surface area contributed by atoms with Gasteiger partial charge in [-0.15, -0.1) is 0 Å². The van der Waals surface area contributed by atoms with Gasteiger partial charge in [0, 0.05) is 0 Å². The van der Waals surface area contributed by atoms with Gasteiger partial charge in [0.25, 0.3) is 0 Å². The lowest BCUT2D eigenvalue weighted by Gasteiger charge is -2.22. The Morgan fingerprint density at radius 2 is 2.00 bits per heavy atom. The zero-order valence-corrected chi connectivity index (χ0v) is 11.1. The van der Waals surface area contributed by atoms with Crippen LogP contribution in [-0.4, -0.2) is 18.1 Å². The Morgan fingerprint density at radius 1 is 1.30 bits per heavy atom. The minimum Gasteiger partial charge on any atom is -0.443 e. The van der Waals surface area contributed by atoms with Crippen LogP contribution in [0.4, 0.5) is 4.79 Å². The van der Waals surface area contributed by atoms with Crippen molar-refractivity contribution in [3.8, 4) is 0 Å². The second-order valence-corrected chi connectivity index (χ2v) is 5.58. The third kappa shape index (κ3) is 2.61. The normalized spacial score (nSPS) is 29.0. The fraction of sp³-hybridized carbons (Fsp3) is 0.467. The molecule has 2 aliphatic rings. The molecule has 2 amide bonds. The van der Waals surface area contributed by atoms with Crippen molar-refractivity contribution in [2.24, 2.45) is 17.6 Å². The highest BCUT2D eigenvalue weighted by molar-refractivity contribution is 5.83. The highest BCUT2D eigenvalue weighted by Crippen LogP contribution is 2.41. The second-order valence-electron chi connectivity index (χ2n) is 5.58. The number of carbonyl (C=O) groups excluding carboxylic acids is 2. The molecule has 2 fully saturated rings. The molecule has 1 aliphatic carbocycles.